The number of rotatable bonds is 5. The van der Waals surface area contributed by atoms with Crippen LogP contribution in [0.15, 0.2) is 11.5 Å². The third kappa shape index (κ3) is 2.91. The highest BCUT2D eigenvalue weighted by Crippen LogP contribution is 2.70. The SMILES string of the molecule is CC1C(B(/C(=C/CCl)CCl)C2CC3CC(C2C)C3(C)C)CC2CC1C2(C)C. The van der Waals surface area contributed by atoms with Gasteiger partial charge in [0.15, 0.2) is 6.71 Å². The molecule has 0 radical (unpaired) electrons. The molecule has 6 aliphatic carbocycles. The highest BCUT2D eigenvalue weighted by Gasteiger charge is 2.62. The molecule has 6 aliphatic rings. The van der Waals surface area contributed by atoms with Gasteiger partial charge in [-0.3, -0.25) is 0 Å². The van der Waals surface area contributed by atoms with Crippen molar-refractivity contribution in [3.05, 3.63) is 11.5 Å². The Morgan fingerprint density at radius 3 is 1.59 bits per heavy atom. The van der Waals surface area contributed by atoms with Crippen molar-refractivity contribution in [2.24, 2.45) is 46.3 Å². The third-order valence-electron chi connectivity index (χ3n) is 10.7. The van der Waals surface area contributed by atoms with E-state index in [9.17, 15) is 0 Å². The first-order valence-electron chi connectivity index (χ1n) is 11.4. The quantitative estimate of drug-likeness (QED) is 0.325. The first kappa shape index (κ1) is 20.6. The molecule has 152 valence electrons. The number of hydrogen-bond acceptors (Lipinski definition) is 0. The summed E-state index contributed by atoms with van der Waals surface area (Å²) in [5.74, 6) is 8.17. The summed E-state index contributed by atoms with van der Waals surface area (Å²) in [6.07, 6.45) is 8.02. The van der Waals surface area contributed by atoms with E-state index in [0.717, 1.165) is 47.1 Å². The minimum absolute atomic E-state index is 0.556. The predicted octanol–water partition coefficient (Wildman–Crippen LogP) is 7.57. The van der Waals surface area contributed by atoms with Gasteiger partial charge in [-0.2, -0.15) is 0 Å². The molecule has 0 heterocycles. The van der Waals surface area contributed by atoms with Crippen molar-refractivity contribution >= 4 is 29.9 Å². The molecule has 4 bridgehead atoms. The summed E-state index contributed by atoms with van der Waals surface area (Å²) in [4.78, 5) is 0. The van der Waals surface area contributed by atoms with E-state index in [-0.39, 0.29) is 0 Å². The van der Waals surface area contributed by atoms with Crippen LogP contribution in [0.1, 0.15) is 67.2 Å². The Balaban J connectivity index is 1.64. The second-order valence-electron chi connectivity index (χ2n) is 11.8. The lowest BCUT2D eigenvalue weighted by Gasteiger charge is -2.66. The van der Waals surface area contributed by atoms with Crippen molar-refractivity contribution in [2.75, 3.05) is 11.8 Å². The minimum Gasteiger partial charge on any atom is -0.123 e. The number of alkyl halides is 2. The van der Waals surface area contributed by atoms with E-state index in [1.165, 1.54) is 31.2 Å². The molecular formula is C24H39BCl2. The van der Waals surface area contributed by atoms with Gasteiger partial charge in [-0.25, -0.2) is 0 Å². The summed E-state index contributed by atoms with van der Waals surface area (Å²) in [5, 5.41) is 0. The van der Waals surface area contributed by atoms with Crippen molar-refractivity contribution in [1.82, 2.24) is 0 Å². The fourth-order valence-corrected chi connectivity index (χ4v) is 9.06. The van der Waals surface area contributed by atoms with E-state index in [4.69, 9.17) is 23.2 Å². The molecule has 0 aromatic rings. The fourth-order valence-electron chi connectivity index (χ4n) is 8.57. The van der Waals surface area contributed by atoms with Gasteiger partial charge in [-0.15, -0.1) is 23.2 Å². The molecule has 0 spiro atoms. The molecule has 6 fully saturated rings. The van der Waals surface area contributed by atoms with Crippen LogP contribution in [0.3, 0.4) is 0 Å². The third-order valence-corrected chi connectivity index (χ3v) is 11.1. The van der Waals surface area contributed by atoms with Crippen LogP contribution in [0.5, 0.6) is 0 Å². The van der Waals surface area contributed by atoms with Gasteiger partial charge in [0.05, 0.1) is 0 Å². The van der Waals surface area contributed by atoms with Crippen molar-refractivity contribution in [1.29, 1.82) is 0 Å². The Morgan fingerprint density at radius 1 is 0.852 bits per heavy atom. The number of halogens is 2. The van der Waals surface area contributed by atoms with Gasteiger partial charge >= 0.3 is 0 Å². The number of allylic oxidation sites excluding steroid dienone is 2. The van der Waals surface area contributed by atoms with Gasteiger partial charge in [0, 0.05) is 11.8 Å². The largest absolute Gasteiger partial charge is 0.178 e. The van der Waals surface area contributed by atoms with Gasteiger partial charge in [0.25, 0.3) is 0 Å². The first-order chi connectivity index (χ1) is 12.6. The monoisotopic (exact) mass is 408 g/mol. The van der Waals surface area contributed by atoms with Gasteiger partial charge in [0.2, 0.25) is 0 Å². The summed E-state index contributed by atoms with van der Waals surface area (Å²) in [5.41, 5.74) is 2.58. The molecule has 0 nitrogen and oxygen atoms in total. The molecule has 8 unspecified atom stereocenters. The smallest absolute Gasteiger partial charge is 0.123 e. The molecule has 27 heavy (non-hydrogen) atoms. The highest BCUT2D eigenvalue weighted by molar-refractivity contribution is 6.71. The van der Waals surface area contributed by atoms with Crippen LogP contribution < -0.4 is 0 Å². The molecule has 0 aliphatic heterocycles. The zero-order valence-corrected chi connectivity index (χ0v) is 19.8. The second-order valence-corrected chi connectivity index (χ2v) is 12.4. The highest BCUT2D eigenvalue weighted by atomic mass is 35.5. The maximum atomic E-state index is 6.56. The van der Waals surface area contributed by atoms with Gasteiger partial charge in [0.1, 0.15) is 0 Å². The van der Waals surface area contributed by atoms with E-state index in [1.807, 2.05) is 0 Å². The lowest BCUT2D eigenvalue weighted by Crippen LogP contribution is -2.60. The van der Waals surface area contributed by atoms with Crippen molar-refractivity contribution < 1.29 is 0 Å². The van der Waals surface area contributed by atoms with E-state index >= 15 is 0 Å². The Hall–Kier alpha value is 0.385. The maximum absolute atomic E-state index is 6.56. The molecule has 0 aromatic heterocycles. The van der Waals surface area contributed by atoms with Crippen LogP contribution in [0.2, 0.25) is 11.6 Å². The van der Waals surface area contributed by atoms with Gasteiger partial charge in [-0.05, 0) is 59.2 Å². The lowest BCUT2D eigenvalue weighted by molar-refractivity contribution is -0.107. The molecule has 0 saturated heterocycles. The molecule has 3 heteroatoms. The van der Waals surface area contributed by atoms with Crippen LogP contribution in [-0.2, 0) is 0 Å². The van der Waals surface area contributed by atoms with Crippen LogP contribution >= 0.6 is 23.2 Å². The van der Waals surface area contributed by atoms with Crippen molar-refractivity contribution in [3.8, 4) is 0 Å². The topological polar surface area (TPSA) is 0 Å². The van der Waals surface area contributed by atoms with E-state index in [1.54, 1.807) is 0 Å². The van der Waals surface area contributed by atoms with Crippen LogP contribution in [0.25, 0.3) is 0 Å². The molecular weight excluding hydrogens is 370 g/mol. The average molecular weight is 409 g/mol. The summed E-state index contributed by atoms with van der Waals surface area (Å²) in [6, 6.07) is 0. The number of fused-ring (bicyclic) bond motifs is 4. The molecule has 0 N–H and O–H groups in total. The molecule has 0 amide bonds. The Kier molecular flexibility index (Phi) is 5.33. The summed E-state index contributed by atoms with van der Waals surface area (Å²) >= 11 is 12.8. The van der Waals surface area contributed by atoms with E-state index in [2.05, 4.69) is 47.6 Å². The van der Waals surface area contributed by atoms with Crippen LogP contribution in [0.4, 0.5) is 0 Å². The molecule has 8 atom stereocenters. The fraction of sp³-hybridized carbons (Fsp3) is 0.917. The summed E-state index contributed by atoms with van der Waals surface area (Å²) < 4.78 is 0. The summed E-state index contributed by atoms with van der Waals surface area (Å²) in [6.45, 7) is 15.9. The second kappa shape index (κ2) is 6.97. The Bertz CT molecular complexity index is 568. The maximum Gasteiger partial charge on any atom is 0.178 e. The molecule has 0 aromatic carbocycles. The van der Waals surface area contributed by atoms with E-state index in [0.29, 0.717) is 29.3 Å². The zero-order chi connectivity index (χ0) is 19.7. The molecule has 6 saturated carbocycles. The molecule has 6 rings (SSSR count). The Labute approximate surface area is 178 Å². The standard InChI is InChI=1S/C24H39BCl2/c1-14-19-9-16(23(19,3)4)11-21(14)25(18(13-27)7-8-26)22-12-17-10-20(15(22)2)24(17,5)6/h7,14-17,19-22H,8-13H2,1-6H3/b18-7+. The zero-order valence-electron chi connectivity index (χ0n) is 18.3. The van der Waals surface area contributed by atoms with Crippen molar-refractivity contribution in [3.63, 3.8) is 0 Å². The minimum atomic E-state index is 0.556. The van der Waals surface area contributed by atoms with E-state index < -0.39 is 0 Å². The summed E-state index contributed by atoms with van der Waals surface area (Å²) in [7, 11) is 0. The lowest BCUT2D eigenvalue weighted by atomic mass is 9.19. The normalized spacial score (nSPS) is 47.0. The Morgan fingerprint density at radius 2 is 1.30 bits per heavy atom. The average Bonchev–Trinajstić information content (AvgIpc) is 2.62. The van der Waals surface area contributed by atoms with Crippen LogP contribution in [-0.4, -0.2) is 18.5 Å². The van der Waals surface area contributed by atoms with Gasteiger partial charge in [-0.1, -0.05) is 77.6 Å². The number of hydrogen-bond donors (Lipinski definition) is 0. The van der Waals surface area contributed by atoms with Crippen LogP contribution in [0, 0.1) is 46.3 Å². The van der Waals surface area contributed by atoms with Crippen molar-refractivity contribution in [2.45, 2.75) is 78.9 Å². The van der Waals surface area contributed by atoms with Gasteiger partial charge < -0.3 is 0 Å². The predicted molar refractivity (Wildman–Crippen MR) is 121 cm³/mol. The first-order valence-corrected chi connectivity index (χ1v) is 12.5.